The van der Waals surface area contributed by atoms with Crippen molar-refractivity contribution in [2.75, 3.05) is 0 Å². The Morgan fingerprint density at radius 1 is 0.615 bits per heavy atom. The van der Waals surface area contributed by atoms with Crippen molar-refractivity contribution in [3.05, 3.63) is 119 Å². The fourth-order valence-corrected chi connectivity index (χ4v) is 4.28. The Bertz CT molecular complexity index is 1060. The van der Waals surface area contributed by atoms with Gasteiger partial charge in [-0.05, 0) is 46.5 Å². The number of benzene rings is 2. The third-order valence-electron chi connectivity index (χ3n) is 5.10. The first kappa shape index (κ1) is 15.3. The highest BCUT2D eigenvalue weighted by atomic mass is 35.5. The van der Waals surface area contributed by atoms with Crippen molar-refractivity contribution in [2.24, 2.45) is 0 Å². The Morgan fingerprint density at radius 2 is 1.23 bits per heavy atom. The zero-order chi connectivity index (χ0) is 17.6. The van der Waals surface area contributed by atoms with E-state index in [1.54, 1.807) is 0 Å². The summed E-state index contributed by atoms with van der Waals surface area (Å²) in [4.78, 5) is 9.48. The first-order chi connectivity index (χ1) is 12.8. The Labute approximate surface area is 157 Å². The molecule has 2 aromatic carbocycles. The predicted octanol–water partition coefficient (Wildman–Crippen LogP) is 5.49. The van der Waals surface area contributed by atoms with Crippen LogP contribution in [-0.2, 0) is 5.41 Å². The van der Waals surface area contributed by atoms with E-state index < -0.39 is 5.41 Å². The lowest BCUT2D eigenvalue weighted by Gasteiger charge is -2.31. The van der Waals surface area contributed by atoms with Crippen LogP contribution in [0.3, 0.4) is 0 Å². The van der Waals surface area contributed by atoms with Crippen LogP contribution in [-0.4, -0.2) is 9.97 Å². The molecule has 3 heteroatoms. The number of hydrogen-bond acceptors (Lipinski definition) is 2. The van der Waals surface area contributed by atoms with E-state index in [1.807, 2.05) is 36.5 Å². The summed E-state index contributed by atoms with van der Waals surface area (Å²) in [5.41, 5.74) is 6.09. The van der Waals surface area contributed by atoms with Crippen molar-refractivity contribution in [1.82, 2.24) is 9.97 Å². The lowest BCUT2D eigenvalue weighted by atomic mass is 9.72. The van der Waals surface area contributed by atoms with Gasteiger partial charge in [0.25, 0.3) is 0 Å². The van der Waals surface area contributed by atoms with Gasteiger partial charge >= 0.3 is 0 Å². The predicted molar refractivity (Wildman–Crippen MR) is 104 cm³/mol. The standard InChI is InChI=1S/C23H15ClN2/c24-22-14-7-13-21(26-22)23(20-12-5-6-15-25-20)18-10-3-1-8-16(18)17-9-2-4-11-19(17)23/h1-15H. The number of fused-ring (bicyclic) bond motifs is 3. The quantitative estimate of drug-likeness (QED) is 0.391. The van der Waals surface area contributed by atoms with Gasteiger partial charge in [0, 0.05) is 6.20 Å². The van der Waals surface area contributed by atoms with Crippen molar-refractivity contribution in [2.45, 2.75) is 5.41 Å². The molecule has 26 heavy (non-hydrogen) atoms. The second-order valence-electron chi connectivity index (χ2n) is 6.40. The van der Waals surface area contributed by atoms with Gasteiger partial charge in [-0.3, -0.25) is 4.98 Å². The van der Waals surface area contributed by atoms with Crippen LogP contribution in [0.2, 0.25) is 5.15 Å². The molecule has 0 unspecified atom stereocenters. The van der Waals surface area contributed by atoms with Gasteiger partial charge < -0.3 is 0 Å². The third-order valence-corrected chi connectivity index (χ3v) is 5.31. The first-order valence-electron chi connectivity index (χ1n) is 8.56. The highest BCUT2D eigenvalue weighted by molar-refractivity contribution is 6.29. The molecule has 0 atom stereocenters. The first-order valence-corrected chi connectivity index (χ1v) is 8.93. The van der Waals surface area contributed by atoms with Crippen LogP contribution < -0.4 is 0 Å². The third kappa shape index (κ3) is 2.00. The number of pyridine rings is 2. The molecule has 0 saturated carbocycles. The highest BCUT2D eigenvalue weighted by Crippen LogP contribution is 2.54. The van der Waals surface area contributed by atoms with E-state index in [2.05, 4.69) is 54.6 Å². The molecule has 2 nitrogen and oxygen atoms in total. The number of aromatic nitrogens is 2. The lowest BCUT2D eigenvalue weighted by Crippen LogP contribution is -2.30. The molecule has 0 N–H and O–H groups in total. The van der Waals surface area contributed by atoms with Gasteiger partial charge in [-0.2, -0.15) is 0 Å². The average molecular weight is 355 g/mol. The Kier molecular flexibility index (Phi) is 3.41. The Balaban J connectivity index is 1.98. The number of halogens is 1. The summed E-state index contributed by atoms with van der Waals surface area (Å²) in [6.07, 6.45) is 1.84. The maximum Gasteiger partial charge on any atom is 0.129 e. The molecule has 1 aliphatic carbocycles. The molecule has 1 aliphatic rings. The average Bonchev–Trinajstić information content (AvgIpc) is 3.00. The minimum Gasteiger partial charge on any atom is -0.260 e. The van der Waals surface area contributed by atoms with E-state index in [0.717, 1.165) is 11.4 Å². The summed E-state index contributed by atoms with van der Waals surface area (Å²) in [6, 6.07) is 28.8. The molecule has 0 amide bonds. The van der Waals surface area contributed by atoms with Crippen LogP contribution in [0.5, 0.6) is 0 Å². The maximum atomic E-state index is 6.30. The summed E-state index contributed by atoms with van der Waals surface area (Å²) in [7, 11) is 0. The molecular formula is C23H15ClN2. The molecule has 0 saturated heterocycles. The van der Waals surface area contributed by atoms with E-state index in [4.69, 9.17) is 21.6 Å². The van der Waals surface area contributed by atoms with Crippen LogP contribution in [0, 0.1) is 0 Å². The number of nitrogens with zero attached hydrogens (tertiary/aromatic N) is 2. The van der Waals surface area contributed by atoms with Crippen LogP contribution >= 0.6 is 11.6 Å². The molecule has 5 rings (SSSR count). The minimum absolute atomic E-state index is 0.486. The topological polar surface area (TPSA) is 25.8 Å². The zero-order valence-corrected chi connectivity index (χ0v) is 14.7. The van der Waals surface area contributed by atoms with E-state index >= 15 is 0 Å². The molecular weight excluding hydrogens is 340 g/mol. The van der Waals surface area contributed by atoms with E-state index in [0.29, 0.717) is 5.15 Å². The van der Waals surface area contributed by atoms with E-state index in [-0.39, 0.29) is 0 Å². The molecule has 4 aromatic rings. The Hall–Kier alpha value is -2.97. The Morgan fingerprint density at radius 3 is 1.85 bits per heavy atom. The van der Waals surface area contributed by atoms with Crippen LogP contribution in [0.15, 0.2) is 91.1 Å². The largest absolute Gasteiger partial charge is 0.260 e. The monoisotopic (exact) mass is 354 g/mol. The summed E-state index contributed by atoms with van der Waals surface area (Å²) >= 11 is 6.30. The maximum absolute atomic E-state index is 6.30. The van der Waals surface area contributed by atoms with Gasteiger partial charge in [0.2, 0.25) is 0 Å². The number of hydrogen-bond donors (Lipinski definition) is 0. The molecule has 0 fully saturated rings. The van der Waals surface area contributed by atoms with Gasteiger partial charge in [-0.15, -0.1) is 0 Å². The summed E-state index contributed by atoms with van der Waals surface area (Å²) < 4.78 is 0. The van der Waals surface area contributed by atoms with Crippen molar-refractivity contribution < 1.29 is 0 Å². The van der Waals surface area contributed by atoms with Gasteiger partial charge in [-0.1, -0.05) is 72.3 Å². The van der Waals surface area contributed by atoms with Crippen molar-refractivity contribution in [3.63, 3.8) is 0 Å². The van der Waals surface area contributed by atoms with Crippen molar-refractivity contribution in [3.8, 4) is 11.1 Å². The highest BCUT2D eigenvalue weighted by Gasteiger charge is 2.48. The van der Waals surface area contributed by atoms with Gasteiger partial charge in [0.1, 0.15) is 10.6 Å². The molecule has 0 aliphatic heterocycles. The summed E-state index contributed by atoms with van der Waals surface area (Å²) in [5, 5.41) is 0.486. The smallest absolute Gasteiger partial charge is 0.129 e. The fraction of sp³-hybridized carbons (Fsp3) is 0.0435. The van der Waals surface area contributed by atoms with Crippen molar-refractivity contribution in [1.29, 1.82) is 0 Å². The van der Waals surface area contributed by atoms with Crippen LogP contribution in [0.1, 0.15) is 22.5 Å². The van der Waals surface area contributed by atoms with Crippen LogP contribution in [0.4, 0.5) is 0 Å². The molecule has 0 spiro atoms. The normalized spacial score (nSPS) is 13.9. The summed E-state index contributed by atoms with van der Waals surface area (Å²) in [5.74, 6) is 0. The summed E-state index contributed by atoms with van der Waals surface area (Å²) in [6.45, 7) is 0. The van der Waals surface area contributed by atoms with E-state index in [1.165, 1.54) is 22.3 Å². The second kappa shape index (κ2) is 5.79. The van der Waals surface area contributed by atoms with Gasteiger partial charge in [-0.25, -0.2) is 4.98 Å². The second-order valence-corrected chi connectivity index (χ2v) is 6.79. The molecule has 0 radical (unpaired) electrons. The van der Waals surface area contributed by atoms with Crippen LogP contribution in [0.25, 0.3) is 11.1 Å². The zero-order valence-electron chi connectivity index (χ0n) is 13.9. The van der Waals surface area contributed by atoms with Crippen molar-refractivity contribution >= 4 is 11.6 Å². The van der Waals surface area contributed by atoms with Gasteiger partial charge in [0.05, 0.1) is 11.4 Å². The molecule has 124 valence electrons. The minimum atomic E-state index is -0.570. The number of rotatable bonds is 2. The van der Waals surface area contributed by atoms with Gasteiger partial charge in [0.15, 0.2) is 0 Å². The van der Waals surface area contributed by atoms with E-state index in [9.17, 15) is 0 Å². The lowest BCUT2D eigenvalue weighted by molar-refractivity contribution is 0.706. The molecule has 2 aromatic heterocycles. The molecule has 2 heterocycles. The SMILES string of the molecule is Clc1cccc(C2(c3ccccn3)c3ccccc3-c3ccccc32)n1. The molecule has 0 bridgehead atoms. The fourth-order valence-electron chi connectivity index (χ4n) is 4.12.